The molecule has 0 aliphatic heterocycles. The Kier molecular flexibility index (Phi) is 6.54. The van der Waals surface area contributed by atoms with Gasteiger partial charge in [0.15, 0.2) is 5.69 Å². The Bertz CT molecular complexity index is 1340. The summed E-state index contributed by atoms with van der Waals surface area (Å²) in [4.78, 5) is 15.0. The van der Waals surface area contributed by atoms with E-state index in [1.807, 2.05) is 0 Å². The second-order valence-corrected chi connectivity index (χ2v) is 9.77. The van der Waals surface area contributed by atoms with Crippen LogP contribution in [0.15, 0.2) is 51.1 Å². The van der Waals surface area contributed by atoms with Crippen LogP contribution in [0.2, 0.25) is 5.02 Å². The maximum atomic E-state index is 13.1. The maximum Gasteiger partial charge on any atom is 0.417 e. The lowest BCUT2D eigenvalue weighted by Gasteiger charge is -2.22. The number of benzene rings is 2. The molecule has 1 amide bonds. The van der Waals surface area contributed by atoms with Gasteiger partial charge in [-0.2, -0.15) is 13.2 Å². The van der Waals surface area contributed by atoms with E-state index in [4.69, 9.17) is 11.6 Å². The van der Waals surface area contributed by atoms with Crippen LogP contribution in [0.5, 0.6) is 5.88 Å². The first-order valence-electron chi connectivity index (χ1n) is 8.56. The molecule has 3 aromatic rings. The van der Waals surface area contributed by atoms with Gasteiger partial charge < -0.3 is 10.1 Å². The Morgan fingerprint density at radius 3 is 2.56 bits per heavy atom. The number of carbonyl (C=O) groups excluding carboxylic acids is 1. The Labute approximate surface area is 192 Å². The molecule has 32 heavy (non-hydrogen) atoms. The van der Waals surface area contributed by atoms with Crippen LogP contribution in [0.1, 0.15) is 5.56 Å². The number of H-pyrrole nitrogens is 1. The fourth-order valence-electron chi connectivity index (χ4n) is 2.78. The summed E-state index contributed by atoms with van der Waals surface area (Å²) in [6.07, 6.45) is -4.11. The first kappa shape index (κ1) is 24.0. The van der Waals surface area contributed by atoms with Gasteiger partial charge in [0.25, 0.3) is 5.91 Å². The van der Waals surface area contributed by atoms with E-state index in [1.54, 1.807) is 18.2 Å². The third-order valence-corrected chi connectivity index (χ3v) is 6.16. The summed E-state index contributed by atoms with van der Waals surface area (Å²) in [5, 5.41) is 16.9. The number of halogens is 5. The molecule has 0 spiro atoms. The topological polar surface area (TPSA) is 115 Å². The largest absolute Gasteiger partial charge is 0.493 e. The van der Waals surface area contributed by atoms with E-state index in [2.05, 4.69) is 31.1 Å². The molecular formula is C18H13BrClF3N4O4S. The van der Waals surface area contributed by atoms with Crippen molar-refractivity contribution in [2.45, 2.75) is 6.18 Å². The van der Waals surface area contributed by atoms with E-state index in [-0.39, 0.29) is 11.6 Å². The minimum Gasteiger partial charge on any atom is -0.493 e. The predicted molar refractivity (Wildman–Crippen MR) is 116 cm³/mol. The second kappa shape index (κ2) is 8.71. The number of anilines is 1. The highest BCUT2D eigenvalue weighted by molar-refractivity contribution is 9.10. The number of hydrogen-bond donors (Lipinski definition) is 2. The molecule has 0 radical (unpaired) electrons. The van der Waals surface area contributed by atoms with Gasteiger partial charge in [0.1, 0.15) is 6.54 Å². The Morgan fingerprint density at radius 2 is 1.94 bits per heavy atom. The van der Waals surface area contributed by atoms with Crippen LogP contribution in [-0.4, -0.2) is 37.2 Å². The highest BCUT2D eigenvalue weighted by Crippen LogP contribution is 2.38. The summed E-state index contributed by atoms with van der Waals surface area (Å²) < 4.78 is 64.8. The monoisotopic (exact) mass is 552 g/mol. The summed E-state index contributed by atoms with van der Waals surface area (Å²) in [5.74, 6) is -1.45. The van der Waals surface area contributed by atoms with Crippen molar-refractivity contribution in [3.63, 3.8) is 0 Å². The van der Waals surface area contributed by atoms with Gasteiger partial charge in [0, 0.05) is 9.86 Å². The number of alkyl halides is 3. The van der Waals surface area contributed by atoms with Crippen LogP contribution < -0.4 is 4.31 Å². The van der Waals surface area contributed by atoms with Crippen molar-refractivity contribution in [2.24, 2.45) is 10.2 Å². The lowest BCUT2D eigenvalue weighted by atomic mass is 10.2. The van der Waals surface area contributed by atoms with Crippen molar-refractivity contribution >= 4 is 65.7 Å². The number of sulfonamides is 1. The van der Waals surface area contributed by atoms with Crippen molar-refractivity contribution in [3.8, 4) is 5.88 Å². The van der Waals surface area contributed by atoms with E-state index in [9.17, 15) is 31.5 Å². The van der Waals surface area contributed by atoms with Gasteiger partial charge in [-0.05, 0) is 36.4 Å². The smallest absolute Gasteiger partial charge is 0.417 e. The van der Waals surface area contributed by atoms with Gasteiger partial charge in [-0.1, -0.05) is 27.5 Å². The molecule has 0 aliphatic carbocycles. The molecule has 0 fully saturated rings. The lowest BCUT2D eigenvalue weighted by molar-refractivity contribution is -0.137. The number of aromatic nitrogens is 1. The SMILES string of the molecule is CS(=O)(=O)N(CC(=O)N=Nc1c(O)[nH]c2ccc(Br)cc12)c1ccc(Cl)c(C(F)(F)F)c1. The number of aromatic amines is 1. The lowest BCUT2D eigenvalue weighted by Crippen LogP contribution is -2.34. The molecule has 8 nitrogen and oxygen atoms in total. The van der Waals surface area contributed by atoms with E-state index < -0.39 is 44.9 Å². The van der Waals surface area contributed by atoms with Crippen molar-refractivity contribution in [1.29, 1.82) is 0 Å². The predicted octanol–water partition coefficient (Wildman–Crippen LogP) is 5.38. The third-order valence-electron chi connectivity index (χ3n) is 4.20. The summed E-state index contributed by atoms with van der Waals surface area (Å²) in [7, 11) is -4.17. The second-order valence-electron chi connectivity index (χ2n) is 6.54. The Balaban J connectivity index is 1.92. The highest BCUT2D eigenvalue weighted by atomic mass is 79.9. The molecule has 0 aliphatic rings. The van der Waals surface area contributed by atoms with Gasteiger partial charge in [-0.15, -0.1) is 10.2 Å². The van der Waals surface area contributed by atoms with Crippen molar-refractivity contribution in [2.75, 3.05) is 17.1 Å². The zero-order valence-corrected chi connectivity index (χ0v) is 19.1. The fraction of sp³-hybridized carbons (Fsp3) is 0.167. The molecule has 2 aromatic carbocycles. The van der Waals surface area contributed by atoms with E-state index in [0.717, 1.165) is 18.4 Å². The number of fused-ring (bicyclic) bond motifs is 1. The number of azo groups is 1. The van der Waals surface area contributed by atoms with Gasteiger partial charge >= 0.3 is 6.18 Å². The van der Waals surface area contributed by atoms with Crippen LogP contribution in [0.4, 0.5) is 24.5 Å². The van der Waals surface area contributed by atoms with E-state index in [1.165, 1.54) is 0 Å². The van der Waals surface area contributed by atoms with E-state index >= 15 is 0 Å². The summed E-state index contributed by atoms with van der Waals surface area (Å²) in [6, 6.07) is 7.40. The van der Waals surface area contributed by atoms with E-state index in [0.29, 0.717) is 25.7 Å². The van der Waals surface area contributed by atoms with Crippen LogP contribution in [-0.2, 0) is 21.0 Å². The van der Waals surface area contributed by atoms with Crippen molar-refractivity contribution in [3.05, 3.63) is 51.5 Å². The minimum atomic E-state index is -4.83. The van der Waals surface area contributed by atoms with Crippen LogP contribution >= 0.6 is 27.5 Å². The molecule has 14 heteroatoms. The normalized spacial score (nSPS) is 12.6. The molecule has 0 bridgehead atoms. The number of rotatable bonds is 5. The standard InChI is InChI=1S/C18H13BrClF3N4O4S/c1-32(30,31)27(10-3-4-13(20)12(7-10)18(21,22)23)8-15(28)25-26-16-11-6-9(19)2-5-14(11)24-17(16)29/h2-7,24,29H,8H2,1H3. The number of aromatic hydroxyl groups is 1. The van der Waals surface area contributed by atoms with Crippen LogP contribution in [0.3, 0.4) is 0 Å². The molecular weight excluding hydrogens is 541 g/mol. The highest BCUT2D eigenvalue weighted by Gasteiger charge is 2.34. The molecule has 1 heterocycles. The molecule has 3 rings (SSSR count). The Morgan fingerprint density at radius 1 is 1.25 bits per heavy atom. The minimum absolute atomic E-state index is 0.0635. The molecule has 170 valence electrons. The summed E-state index contributed by atoms with van der Waals surface area (Å²) in [6.45, 7) is -0.923. The van der Waals surface area contributed by atoms with Gasteiger partial charge in [0.05, 0.1) is 28.0 Å². The zero-order valence-electron chi connectivity index (χ0n) is 16.0. The van der Waals surface area contributed by atoms with Crippen LogP contribution in [0.25, 0.3) is 10.9 Å². The zero-order chi connectivity index (χ0) is 23.8. The maximum absolute atomic E-state index is 13.1. The molecule has 0 saturated carbocycles. The van der Waals surface area contributed by atoms with Crippen molar-refractivity contribution in [1.82, 2.24) is 4.98 Å². The van der Waals surface area contributed by atoms with Crippen LogP contribution in [0, 0.1) is 0 Å². The number of nitrogens with zero attached hydrogens (tertiary/aromatic N) is 3. The first-order chi connectivity index (χ1) is 14.8. The van der Waals surface area contributed by atoms with Gasteiger partial charge in [-0.3, -0.25) is 9.10 Å². The molecule has 0 saturated heterocycles. The van der Waals surface area contributed by atoms with Crippen molar-refractivity contribution < 1.29 is 31.5 Å². The van der Waals surface area contributed by atoms with Gasteiger partial charge in [0.2, 0.25) is 15.9 Å². The number of amides is 1. The average Bonchev–Trinajstić information content (AvgIpc) is 2.97. The molecule has 2 N–H and O–H groups in total. The molecule has 0 unspecified atom stereocenters. The number of nitrogens with one attached hydrogen (secondary N) is 1. The first-order valence-corrected chi connectivity index (χ1v) is 11.6. The molecule has 0 atom stereocenters. The van der Waals surface area contributed by atoms with Gasteiger partial charge in [-0.25, -0.2) is 8.42 Å². The fourth-order valence-corrected chi connectivity index (χ4v) is 4.21. The summed E-state index contributed by atoms with van der Waals surface area (Å²) >= 11 is 8.83. The number of carbonyl (C=O) groups is 1. The Hall–Kier alpha value is -2.64. The third kappa shape index (κ3) is 5.22. The average molecular weight is 554 g/mol. The quantitative estimate of drug-likeness (QED) is 0.413. The summed E-state index contributed by atoms with van der Waals surface area (Å²) in [5.41, 5.74) is -1.24. The molecule has 1 aromatic heterocycles. The number of hydrogen-bond acceptors (Lipinski definition) is 5.